The first kappa shape index (κ1) is 15.0. The molecule has 0 bridgehead atoms. The number of aromatic nitrogens is 1. The maximum atomic E-state index is 11.4. The number of hydrogen-bond acceptors (Lipinski definition) is 5. The fourth-order valence-electron chi connectivity index (χ4n) is 1.76. The van der Waals surface area contributed by atoms with Crippen LogP contribution in [-0.2, 0) is 9.84 Å². The molecular formula is C14H16N2O2S2. The number of rotatable bonds is 5. The van der Waals surface area contributed by atoms with Gasteiger partial charge in [-0.3, -0.25) is 4.98 Å². The van der Waals surface area contributed by atoms with Crippen LogP contribution in [0.25, 0.3) is 0 Å². The van der Waals surface area contributed by atoms with Gasteiger partial charge in [0.25, 0.3) is 0 Å². The molecule has 1 unspecified atom stereocenters. The van der Waals surface area contributed by atoms with Gasteiger partial charge < -0.3 is 5.73 Å². The quantitative estimate of drug-likeness (QED) is 0.858. The van der Waals surface area contributed by atoms with Gasteiger partial charge in [0.15, 0.2) is 9.84 Å². The van der Waals surface area contributed by atoms with Crippen molar-refractivity contribution in [3.05, 3.63) is 54.4 Å². The van der Waals surface area contributed by atoms with E-state index < -0.39 is 9.84 Å². The van der Waals surface area contributed by atoms with Gasteiger partial charge in [0.2, 0.25) is 0 Å². The van der Waals surface area contributed by atoms with Crippen LogP contribution in [0.1, 0.15) is 10.8 Å². The maximum absolute atomic E-state index is 11.4. The topological polar surface area (TPSA) is 73.0 Å². The summed E-state index contributed by atoms with van der Waals surface area (Å²) in [5.41, 5.74) is 6.93. The van der Waals surface area contributed by atoms with E-state index in [-0.39, 0.29) is 5.25 Å². The summed E-state index contributed by atoms with van der Waals surface area (Å²) in [6.45, 7) is 0.502. The number of thioether (sulfide) groups is 1. The van der Waals surface area contributed by atoms with Gasteiger partial charge in [-0.1, -0.05) is 0 Å². The van der Waals surface area contributed by atoms with E-state index in [1.165, 1.54) is 6.26 Å². The van der Waals surface area contributed by atoms with Crippen LogP contribution in [0.15, 0.2) is 58.6 Å². The summed E-state index contributed by atoms with van der Waals surface area (Å²) >= 11 is 1.61. The van der Waals surface area contributed by atoms with Crippen LogP contribution in [0.4, 0.5) is 0 Å². The largest absolute Gasteiger partial charge is 0.329 e. The van der Waals surface area contributed by atoms with Crippen molar-refractivity contribution in [1.29, 1.82) is 0 Å². The minimum absolute atomic E-state index is 0.127. The lowest BCUT2D eigenvalue weighted by molar-refractivity contribution is 0.602. The van der Waals surface area contributed by atoms with Crippen LogP contribution in [0.5, 0.6) is 0 Å². The van der Waals surface area contributed by atoms with Crippen molar-refractivity contribution in [2.45, 2.75) is 15.0 Å². The summed E-state index contributed by atoms with van der Waals surface area (Å²) in [6.07, 6.45) is 4.69. The van der Waals surface area contributed by atoms with Gasteiger partial charge >= 0.3 is 0 Å². The van der Waals surface area contributed by atoms with Gasteiger partial charge in [-0.15, -0.1) is 11.8 Å². The lowest BCUT2D eigenvalue weighted by Crippen LogP contribution is -2.09. The van der Waals surface area contributed by atoms with Crippen molar-refractivity contribution in [2.24, 2.45) is 5.73 Å². The molecule has 1 heterocycles. The van der Waals surface area contributed by atoms with Crippen molar-refractivity contribution < 1.29 is 8.42 Å². The summed E-state index contributed by atoms with van der Waals surface area (Å²) in [4.78, 5) is 5.31. The molecule has 1 aromatic carbocycles. The zero-order valence-corrected chi connectivity index (χ0v) is 12.7. The Balaban J connectivity index is 2.17. The Bertz CT molecular complexity index is 655. The first-order valence-electron chi connectivity index (χ1n) is 6.07. The van der Waals surface area contributed by atoms with E-state index in [1.807, 2.05) is 24.3 Å². The third-order valence-corrected chi connectivity index (χ3v) is 5.24. The Morgan fingerprint density at radius 2 is 1.75 bits per heavy atom. The molecule has 106 valence electrons. The van der Waals surface area contributed by atoms with E-state index in [2.05, 4.69) is 4.98 Å². The molecule has 0 aliphatic heterocycles. The number of hydrogen-bond donors (Lipinski definition) is 1. The standard InChI is InChI=1S/C14H16N2O2S2/c1-20(17,18)13-4-2-12(3-5-13)19-14(10-15)11-6-8-16-9-7-11/h2-9,14H,10,15H2,1H3. The molecule has 2 rings (SSSR count). The second-order valence-electron chi connectivity index (χ2n) is 4.37. The minimum atomic E-state index is -3.15. The van der Waals surface area contributed by atoms with Crippen molar-refractivity contribution in [2.75, 3.05) is 12.8 Å². The molecule has 0 saturated carbocycles. The Hall–Kier alpha value is -1.37. The molecule has 0 aliphatic rings. The highest BCUT2D eigenvalue weighted by atomic mass is 32.2. The summed E-state index contributed by atoms with van der Waals surface area (Å²) < 4.78 is 22.8. The molecule has 1 atom stereocenters. The Morgan fingerprint density at radius 1 is 1.15 bits per heavy atom. The molecule has 20 heavy (non-hydrogen) atoms. The van der Waals surface area contributed by atoms with Crippen LogP contribution < -0.4 is 5.73 Å². The number of nitrogens with two attached hydrogens (primary N) is 1. The van der Waals surface area contributed by atoms with Gasteiger partial charge in [-0.25, -0.2) is 8.42 Å². The zero-order valence-electron chi connectivity index (χ0n) is 11.1. The Labute approximate surface area is 123 Å². The molecule has 2 aromatic rings. The highest BCUT2D eigenvalue weighted by molar-refractivity contribution is 7.99. The first-order chi connectivity index (χ1) is 9.50. The molecular weight excluding hydrogens is 292 g/mol. The molecule has 0 radical (unpaired) electrons. The van der Waals surface area contributed by atoms with Gasteiger partial charge in [-0.05, 0) is 42.0 Å². The fraction of sp³-hybridized carbons (Fsp3) is 0.214. The zero-order chi connectivity index (χ0) is 14.6. The third-order valence-electron chi connectivity index (χ3n) is 2.82. The molecule has 2 N–H and O–H groups in total. The summed E-state index contributed by atoms with van der Waals surface area (Å²) in [5.74, 6) is 0. The smallest absolute Gasteiger partial charge is 0.175 e. The summed E-state index contributed by atoms with van der Waals surface area (Å²) in [6, 6.07) is 10.7. The summed E-state index contributed by atoms with van der Waals surface area (Å²) in [5, 5.41) is 0.127. The predicted octanol–water partition coefficient (Wildman–Crippen LogP) is 2.28. The maximum Gasteiger partial charge on any atom is 0.175 e. The number of nitrogens with zero attached hydrogens (tertiary/aromatic N) is 1. The van der Waals surface area contributed by atoms with E-state index in [1.54, 1.807) is 36.3 Å². The van der Waals surface area contributed by atoms with Gasteiger partial charge in [-0.2, -0.15) is 0 Å². The van der Waals surface area contributed by atoms with E-state index in [4.69, 9.17) is 5.73 Å². The molecule has 0 spiro atoms. The molecule has 4 nitrogen and oxygen atoms in total. The minimum Gasteiger partial charge on any atom is -0.329 e. The first-order valence-corrected chi connectivity index (χ1v) is 8.84. The SMILES string of the molecule is CS(=O)(=O)c1ccc(SC(CN)c2ccncc2)cc1. The molecule has 1 aromatic heterocycles. The fourth-order valence-corrected chi connectivity index (χ4v) is 3.40. The van der Waals surface area contributed by atoms with E-state index in [9.17, 15) is 8.42 Å². The second kappa shape index (κ2) is 6.39. The van der Waals surface area contributed by atoms with Crippen LogP contribution in [-0.4, -0.2) is 26.2 Å². The Kier molecular flexibility index (Phi) is 4.80. The van der Waals surface area contributed by atoms with Crippen molar-refractivity contribution >= 4 is 21.6 Å². The lowest BCUT2D eigenvalue weighted by Gasteiger charge is -2.14. The number of pyridine rings is 1. The van der Waals surface area contributed by atoms with Gasteiger partial charge in [0, 0.05) is 35.3 Å². The van der Waals surface area contributed by atoms with Crippen LogP contribution in [0, 0.1) is 0 Å². The highest BCUT2D eigenvalue weighted by Gasteiger charge is 2.12. The van der Waals surface area contributed by atoms with Crippen LogP contribution in [0.3, 0.4) is 0 Å². The van der Waals surface area contributed by atoms with E-state index in [0.29, 0.717) is 11.4 Å². The average Bonchev–Trinajstić information content (AvgIpc) is 2.45. The Morgan fingerprint density at radius 3 is 2.25 bits per heavy atom. The van der Waals surface area contributed by atoms with E-state index in [0.717, 1.165) is 10.5 Å². The average molecular weight is 308 g/mol. The molecule has 0 fully saturated rings. The van der Waals surface area contributed by atoms with Crippen molar-refractivity contribution in [1.82, 2.24) is 4.98 Å². The molecule has 0 aliphatic carbocycles. The number of benzene rings is 1. The normalized spacial score (nSPS) is 13.1. The number of sulfone groups is 1. The molecule has 0 saturated heterocycles. The van der Waals surface area contributed by atoms with E-state index >= 15 is 0 Å². The second-order valence-corrected chi connectivity index (χ2v) is 7.66. The molecule has 0 amide bonds. The van der Waals surface area contributed by atoms with Crippen LogP contribution in [0.2, 0.25) is 0 Å². The molecule has 6 heteroatoms. The van der Waals surface area contributed by atoms with Crippen LogP contribution >= 0.6 is 11.8 Å². The van der Waals surface area contributed by atoms with Crippen molar-refractivity contribution in [3.63, 3.8) is 0 Å². The highest BCUT2D eigenvalue weighted by Crippen LogP contribution is 2.34. The van der Waals surface area contributed by atoms with Gasteiger partial charge in [0.1, 0.15) is 0 Å². The monoisotopic (exact) mass is 308 g/mol. The van der Waals surface area contributed by atoms with Crippen molar-refractivity contribution in [3.8, 4) is 0 Å². The summed E-state index contributed by atoms with van der Waals surface area (Å²) in [7, 11) is -3.15. The predicted molar refractivity (Wildman–Crippen MR) is 81.4 cm³/mol. The third kappa shape index (κ3) is 3.82. The lowest BCUT2D eigenvalue weighted by atomic mass is 10.2. The van der Waals surface area contributed by atoms with Gasteiger partial charge in [0.05, 0.1) is 4.90 Å².